The fourth-order valence-corrected chi connectivity index (χ4v) is 3.45. The van der Waals surface area contributed by atoms with E-state index in [2.05, 4.69) is 5.32 Å². The van der Waals surface area contributed by atoms with Crippen LogP contribution in [0.15, 0.2) is 18.2 Å². The van der Waals surface area contributed by atoms with Crippen LogP contribution in [0.3, 0.4) is 0 Å². The Morgan fingerprint density at radius 2 is 1.83 bits per heavy atom. The fraction of sp³-hybridized carbons (Fsp3) is 0.588. The lowest BCUT2D eigenvalue weighted by Crippen LogP contribution is -2.19. The number of hydrogen-bond acceptors (Lipinski definition) is 1. The van der Waals surface area contributed by atoms with Crippen LogP contribution in [0.2, 0.25) is 0 Å². The van der Waals surface area contributed by atoms with E-state index >= 15 is 0 Å². The summed E-state index contributed by atoms with van der Waals surface area (Å²) in [6.07, 6.45) is -0.118. The number of halogens is 4. The maximum atomic E-state index is 13.4. The van der Waals surface area contributed by atoms with E-state index in [1.54, 1.807) is 0 Å². The van der Waals surface area contributed by atoms with Crippen LogP contribution in [0.25, 0.3) is 0 Å². The highest BCUT2D eigenvalue weighted by Crippen LogP contribution is 2.59. The summed E-state index contributed by atoms with van der Waals surface area (Å²) in [6.45, 7) is 4.10. The molecule has 2 rings (SSSR count). The third kappa shape index (κ3) is 4.03. The van der Waals surface area contributed by atoms with Gasteiger partial charge < -0.3 is 5.32 Å². The average molecular weight is 331 g/mol. The minimum atomic E-state index is -4.64. The molecule has 0 spiro atoms. The van der Waals surface area contributed by atoms with Gasteiger partial charge in [0.1, 0.15) is 5.82 Å². The van der Waals surface area contributed by atoms with E-state index in [1.165, 1.54) is 0 Å². The number of carbonyl (C=O) groups is 1. The minimum Gasteiger partial charge on any atom is -0.326 e. The zero-order chi connectivity index (χ0) is 17.3. The molecule has 1 N–H and O–H groups in total. The van der Waals surface area contributed by atoms with Crippen LogP contribution in [0.1, 0.15) is 51.5 Å². The van der Waals surface area contributed by atoms with Gasteiger partial charge in [0.15, 0.2) is 0 Å². The first kappa shape index (κ1) is 17.8. The Labute approximate surface area is 133 Å². The Kier molecular flexibility index (Phi) is 5.01. The van der Waals surface area contributed by atoms with Gasteiger partial charge in [-0.3, -0.25) is 4.79 Å². The Hall–Kier alpha value is -1.59. The summed E-state index contributed by atoms with van der Waals surface area (Å²) in [5, 5.41) is 2.45. The van der Waals surface area contributed by atoms with E-state index in [-0.39, 0.29) is 22.9 Å². The van der Waals surface area contributed by atoms with Crippen molar-refractivity contribution in [3.05, 3.63) is 29.6 Å². The quantitative estimate of drug-likeness (QED) is 0.696. The highest BCUT2D eigenvalue weighted by atomic mass is 19.4. The Morgan fingerprint density at radius 1 is 1.22 bits per heavy atom. The van der Waals surface area contributed by atoms with E-state index < -0.39 is 17.6 Å². The second-order valence-corrected chi connectivity index (χ2v) is 6.33. The van der Waals surface area contributed by atoms with Gasteiger partial charge in [-0.25, -0.2) is 4.39 Å². The molecule has 1 fully saturated rings. The average Bonchev–Trinajstić information content (AvgIpc) is 3.12. The molecule has 0 heterocycles. The van der Waals surface area contributed by atoms with Crippen molar-refractivity contribution >= 4 is 11.6 Å². The van der Waals surface area contributed by atoms with Crippen LogP contribution in [0, 0.1) is 17.2 Å². The number of nitrogens with one attached hydrogen (secondary N) is 1. The van der Waals surface area contributed by atoms with Gasteiger partial charge in [0.25, 0.3) is 0 Å². The molecular weight excluding hydrogens is 310 g/mol. The molecule has 1 aromatic carbocycles. The van der Waals surface area contributed by atoms with E-state index in [0.29, 0.717) is 6.07 Å². The van der Waals surface area contributed by atoms with Crippen LogP contribution in [-0.2, 0) is 11.0 Å². The van der Waals surface area contributed by atoms with E-state index in [1.807, 2.05) is 13.8 Å². The number of amides is 1. The van der Waals surface area contributed by atoms with Gasteiger partial charge in [-0.15, -0.1) is 0 Å². The summed E-state index contributed by atoms with van der Waals surface area (Å²) in [4.78, 5) is 12.3. The van der Waals surface area contributed by atoms with Gasteiger partial charge in [0.05, 0.1) is 5.56 Å². The highest BCUT2D eigenvalue weighted by molar-refractivity contribution is 5.95. The molecule has 1 unspecified atom stereocenters. The summed E-state index contributed by atoms with van der Waals surface area (Å²) in [7, 11) is 0. The Balaban J connectivity index is 2.11. The van der Waals surface area contributed by atoms with Crippen LogP contribution in [-0.4, -0.2) is 5.91 Å². The number of benzene rings is 1. The van der Waals surface area contributed by atoms with Crippen molar-refractivity contribution in [1.29, 1.82) is 0 Å². The third-order valence-electron chi connectivity index (χ3n) is 4.49. The van der Waals surface area contributed by atoms with Gasteiger partial charge in [-0.1, -0.05) is 26.7 Å². The first-order chi connectivity index (χ1) is 10.7. The second kappa shape index (κ2) is 6.49. The third-order valence-corrected chi connectivity index (χ3v) is 4.49. The topological polar surface area (TPSA) is 29.1 Å². The van der Waals surface area contributed by atoms with Crippen molar-refractivity contribution in [2.75, 3.05) is 5.32 Å². The summed E-state index contributed by atoms with van der Waals surface area (Å²) in [6, 6.07) is 2.10. The van der Waals surface area contributed by atoms with Crippen LogP contribution in [0.5, 0.6) is 0 Å². The molecule has 1 aromatic rings. The van der Waals surface area contributed by atoms with Gasteiger partial charge in [0.2, 0.25) is 5.91 Å². The smallest absolute Gasteiger partial charge is 0.326 e. The summed E-state index contributed by atoms with van der Waals surface area (Å²) >= 11 is 0. The SMILES string of the molecule is CCCC1(CCC)CC1C(=O)Nc1cc(F)cc(C(F)(F)F)c1. The standard InChI is InChI=1S/C17H21F4NO/c1-3-5-16(6-4-2)10-14(16)15(23)22-13-8-11(17(19,20)21)7-12(18)9-13/h7-9,14H,3-6,10H2,1-2H3,(H,22,23). The normalized spacial score (nSPS) is 19.5. The zero-order valence-electron chi connectivity index (χ0n) is 13.3. The first-order valence-electron chi connectivity index (χ1n) is 7.90. The van der Waals surface area contributed by atoms with E-state index in [4.69, 9.17) is 0 Å². The molecule has 1 atom stereocenters. The molecule has 1 amide bonds. The largest absolute Gasteiger partial charge is 0.416 e. The number of rotatable bonds is 6. The van der Waals surface area contributed by atoms with Crippen LogP contribution in [0.4, 0.5) is 23.2 Å². The molecule has 1 aliphatic carbocycles. The van der Waals surface area contributed by atoms with Gasteiger partial charge in [0, 0.05) is 11.6 Å². The van der Waals surface area contributed by atoms with E-state index in [0.717, 1.165) is 44.2 Å². The summed E-state index contributed by atoms with van der Waals surface area (Å²) in [5.74, 6) is -1.52. The second-order valence-electron chi connectivity index (χ2n) is 6.33. The molecule has 1 saturated carbocycles. The molecule has 0 saturated heterocycles. The molecule has 128 valence electrons. The van der Waals surface area contributed by atoms with Crippen molar-refractivity contribution in [1.82, 2.24) is 0 Å². The van der Waals surface area contributed by atoms with Crippen molar-refractivity contribution < 1.29 is 22.4 Å². The molecule has 23 heavy (non-hydrogen) atoms. The van der Waals surface area contributed by atoms with Gasteiger partial charge in [-0.05, 0) is 42.9 Å². The van der Waals surface area contributed by atoms with Gasteiger partial charge in [-0.2, -0.15) is 13.2 Å². The Morgan fingerprint density at radius 3 is 2.35 bits per heavy atom. The van der Waals surface area contributed by atoms with Crippen molar-refractivity contribution in [2.24, 2.45) is 11.3 Å². The molecule has 0 aromatic heterocycles. The van der Waals surface area contributed by atoms with Crippen molar-refractivity contribution in [3.63, 3.8) is 0 Å². The predicted molar refractivity (Wildman–Crippen MR) is 80.4 cm³/mol. The number of alkyl halides is 3. The van der Waals surface area contributed by atoms with Crippen molar-refractivity contribution in [2.45, 2.75) is 52.1 Å². The first-order valence-corrected chi connectivity index (χ1v) is 7.90. The molecule has 2 nitrogen and oxygen atoms in total. The molecule has 0 aliphatic heterocycles. The van der Waals surface area contributed by atoms with E-state index in [9.17, 15) is 22.4 Å². The summed E-state index contributed by atoms with van der Waals surface area (Å²) < 4.78 is 51.5. The zero-order valence-corrected chi connectivity index (χ0v) is 13.3. The Bertz CT molecular complexity index is 576. The highest BCUT2D eigenvalue weighted by Gasteiger charge is 2.56. The maximum Gasteiger partial charge on any atom is 0.416 e. The molecular formula is C17H21F4NO. The number of anilines is 1. The minimum absolute atomic E-state index is 0.0340. The lowest BCUT2D eigenvalue weighted by atomic mass is 9.92. The molecule has 0 bridgehead atoms. The molecule has 6 heteroatoms. The van der Waals surface area contributed by atoms with Crippen LogP contribution >= 0.6 is 0 Å². The fourth-order valence-electron chi connectivity index (χ4n) is 3.45. The molecule has 0 radical (unpaired) electrons. The summed E-state index contributed by atoms with van der Waals surface area (Å²) in [5.41, 5.74) is -1.28. The lowest BCUT2D eigenvalue weighted by molar-refractivity contribution is -0.137. The van der Waals surface area contributed by atoms with Gasteiger partial charge >= 0.3 is 6.18 Å². The lowest BCUT2D eigenvalue weighted by Gasteiger charge is -2.16. The maximum absolute atomic E-state index is 13.4. The predicted octanol–water partition coefficient (Wildman–Crippen LogP) is 5.39. The monoisotopic (exact) mass is 331 g/mol. The number of carbonyl (C=O) groups excluding carboxylic acids is 1. The number of hydrogen-bond donors (Lipinski definition) is 1. The van der Waals surface area contributed by atoms with Crippen LogP contribution < -0.4 is 5.32 Å². The van der Waals surface area contributed by atoms with Crippen molar-refractivity contribution in [3.8, 4) is 0 Å². The molecule has 1 aliphatic rings.